The van der Waals surface area contributed by atoms with Gasteiger partial charge in [0.2, 0.25) is 10.0 Å². The average Bonchev–Trinajstić information content (AvgIpc) is 2.95. The Balaban J connectivity index is 2.05. The minimum absolute atomic E-state index is 0.0361. The molecular formula is C13H21N3O4S2. The summed E-state index contributed by atoms with van der Waals surface area (Å²) >= 11 is 1.33. The molecule has 1 fully saturated rings. The van der Waals surface area contributed by atoms with Crippen LogP contribution in [-0.2, 0) is 14.8 Å². The molecule has 1 amide bonds. The van der Waals surface area contributed by atoms with E-state index in [4.69, 9.17) is 4.74 Å². The number of ether oxygens (including phenoxy) is 1. The molecule has 2 rings (SSSR count). The topological polar surface area (TPSA) is 88.6 Å². The zero-order valence-corrected chi connectivity index (χ0v) is 14.8. The minimum atomic E-state index is -3.33. The molecule has 0 bridgehead atoms. The van der Waals surface area contributed by atoms with Gasteiger partial charge in [-0.1, -0.05) is 0 Å². The molecule has 9 heteroatoms. The molecular weight excluding hydrogens is 326 g/mol. The van der Waals surface area contributed by atoms with Crippen molar-refractivity contribution in [2.75, 3.05) is 33.1 Å². The number of thiazole rings is 1. The first kappa shape index (κ1) is 17.3. The molecule has 0 unspecified atom stereocenters. The van der Waals surface area contributed by atoms with Gasteiger partial charge in [0.15, 0.2) is 0 Å². The molecule has 0 spiro atoms. The van der Waals surface area contributed by atoms with Crippen LogP contribution in [0, 0.1) is 19.8 Å². The third-order valence-corrected chi connectivity index (χ3v) is 6.64. The summed E-state index contributed by atoms with van der Waals surface area (Å²) in [5.74, 6) is -0.498. The maximum Gasteiger partial charge on any atom is 0.263 e. The summed E-state index contributed by atoms with van der Waals surface area (Å²) in [5.41, 5.74) is 0.691. The van der Waals surface area contributed by atoms with Crippen molar-refractivity contribution >= 4 is 27.3 Å². The molecule has 1 saturated heterocycles. The van der Waals surface area contributed by atoms with Gasteiger partial charge in [-0.25, -0.2) is 17.7 Å². The van der Waals surface area contributed by atoms with Crippen LogP contribution in [0.1, 0.15) is 20.4 Å². The highest BCUT2D eigenvalue weighted by Gasteiger charge is 2.34. The first-order chi connectivity index (χ1) is 10.2. The van der Waals surface area contributed by atoms with E-state index < -0.39 is 10.0 Å². The quantitative estimate of drug-likeness (QED) is 0.833. The van der Waals surface area contributed by atoms with Crippen molar-refractivity contribution in [1.82, 2.24) is 14.6 Å². The first-order valence-corrected chi connectivity index (χ1v) is 9.36. The number of hydrogen-bond donors (Lipinski definition) is 1. The van der Waals surface area contributed by atoms with Gasteiger partial charge in [0.05, 0.1) is 35.7 Å². The number of sulfonamides is 1. The Morgan fingerprint density at radius 2 is 2.09 bits per heavy atom. The fraction of sp³-hybridized carbons (Fsp3) is 0.692. The SMILES string of the molecule is Cc1nc(C)c(C(=O)N[C@H]2COC[C@H]2CS(=O)(=O)N(C)C)s1. The molecule has 124 valence electrons. The van der Waals surface area contributed by atoms with E-state index >= 15 is 0 Å². The van der Waals surface area contributed by atoms with Gasteiger partial charge in [0.25, 0.3) is 5.91 Å². The number of rotatable bonds is 5. The van der Waals surface area contributed by atoms with Crippen LogP contribution in [0.15, 0.2) is 0 Å². The molecule has 1 N–H and O–H groups in total. The van der Waals surface area contributed by atoms with Gasteiger partial charge in [-0.15, -0.1) is 11.3 Å². The highest BCUT2D eigenvalue weighted by Crippen LogP contribution is 2.20. The van der Waals surface area contributed by atoms with Crippen LogP contribution in [0.5, 0.6) is 0 Å². The summed E-state index contributed by atoms with van der Waals surface area (Å²) in [5, 5.41) is 3.72. The number of nitrogens with zero attached hydrogens (tertiary/aromatic N) is 2. The lowest BCUT2D eigenvalue weighted by atomic mass is 10.1. The Hall–Kier alpha value is -1.03. The second-order valence-electron chi connectivity index (χ2n) is 5.59. The van der Waals surface area contributed by atoms with Crippen molar-refractivity contribution in [3.05, 3.63) is 15.6 Å². The van der Waals surface area contributed by atoms with E-state index in [2.05, 4.69) is 10.3 Å². The predicted molar refractivity (Wildman–Crippen MR) is 84.6 cm³/mol. The normalized spacial score (nSPS) is 22.2. The molecule has 7 nitrogen and oxygen atoms in total. The van der Waals surface area contributed by atoms with Crippen LogP contribution in [0.25, 0.3) is 0 Å². The largest absolute Gasteiger partial charge is 0.379 e. The van der Waals surface area contributed by atoms with E-state index in [0.717, 1.165) is 5.01 Å². The van der Waals surface area contributed by atoms with Crippen molar-refractivity contribution in [2.45, 2.75) is 19.9 Å². The van der Waals surface area contributed by atoms with E-state index in [0.29, 0.717) is 23.8 Å². The van der Waals surface area contributed by atoms with Crippen molar-refractivity contribution in [3.63, 3.8) is 0 Å². The molecule has 0 radical (unpaired) electrons. The van der Waals surface area contributed by atoms with Crippen molar-refractivity contribution in [1.29, 1.82) is 0 Å². The Labute approximate surface area is 134 Å². The fourth-order valence-electron chi connectivity index (χ4n) is 2.32. The molecule has 1 aliphatic heterocycles. The number of aryl methyl sites for hydroxylation is 2. The van der Waals surface area contributed by atoms with Crippen LogP contribution < -0.4 is 5.32 Å². The van der Waals surface area contributed by atoms with Crippen molar-refractivity contribution in [2.24, 2.45) is 5.92 Å². The summed E-state index contributed by atoms with van der Waals surface area (Å²) in [6.07, 6.45) is 0. The lowest BCUT2D eigenvalue weighted by molar-refractivity contribution is 0.0929. The van der Waals surface area contributed by atoms with E-state index in [1.807, 2.05) is 6.92 Å². The first-order valence-electron chi connectivity index (χ1n) is 6.93. The summed E-state index contributed by atoms with van der Waals surface area (Å²) < 4.78 is 30.5. The molecule has 2 heterocycles. The Bertz CT molecular complexity index is 654. The zero-order chi connectivity index (χ0) is 16.5. The molecule has 1 aliphatic rings. The lowest BCUT2D eigenvalue weighted by Crippen LogP contribution is -2.43. The standard InChI is InChI=1S/C13H21N3O4S2/c1-8-12(21-9(2)14-8)13(17)15-11-6-20-5-10(11)7-22(18,19)16(3)4/h10-11H,5-7H2,1-4H3,(H,15,17)/t10-,11-/m0/s1. The fourth-order valence-corrected chi connectivity index (χ4v) is 4.31. The van der Waals surface area contributed by atoms with E-state index in [9.17, 15) is 13.2 Å². The summed E-state index contributed by atoms with van der Waals surface area (Å²) in [4.78, 5) is 17.1. The highest BCUT2D eigenvalue weighted by atomic mass is 32.2. The average molecular weight is 347 g/mol. The molecule has 0 aromatic carbocycles. The Kier molecular flexibility index (Phi) is 5.21. The van der Waals surface area contributed by atoms with Crippen LogP contribution in [-0.4, -0.2) is 62.7 Å². The number of carbonyl (C=O) groups excluding carboxylic acids is 1. The van der Waals surface area contributed by atoms with Crippen LogP contribution in [0.2, 0.25) is 0 Å². The minimum Gasteiger partial charge on any atom is -0.379 e. The number of carbonyl (C=O) groups is 1. The third-order valence-electron chi connectivity index (χ3n) is 3.61. The molecule has 0 aliphatic carbocycles. The van der Waals surface area contributed by atoms with Gasteiger partial charge in [-0.05, 0) is 13.8 Å². The summed E-state index contributed by atoms with van der Waals surface area (Å²) in [6, 6.07) is -0.302. The smallest absolute Gasteiger partial charge is 0.263 e. The molecule has 2 atom stereocenters. The molecule has 22 heavy (non-hydrogen) atoms. The van der Waals surface area contributed by atoms with Crippen LogP contribution >= 0.6 is 11.3 Å². The summed E-state index contributed by atoms with van der Waals surface area (Å²) in [6.45, 7) is 4.30. The second kappa shape index (κ2) is 6.61. The van der Waals surface area contributed by atoms with Gasteiger partial charge in [0.1, 0.15) is 4.88 Å². The van der Waals surface area contributed by atoms with Gasteiger partial charge in [0, 0.05) is 20.0 Å². The van der Waals surface area contributed by atoms with E-state index in [-0.39, 0.29) is 23.6 Å². The highest BCUT2D eigenvalue weighted by molar-refractivity contribution is 7.89. The van der Waals surface area contributed by atoms with Crippen LogP contribution in [0.4, 0.5) is 0 Å². The predicted octanol–water partition coefficient (Wildman–Crippen LogP) is 0.396. The van der Waals surface area contributed by atoms with Gasteiger partial charge >= 0.3 is 0 Å². The molecule has 0 saturated carbocycles. The lowest BCUT2D eigenvalue weighted by Gasteiger charge is -2.20. The monoisotopic (exact) mass is 347 g/mol. The number of amides is 1. The van der Waals surface area contributed by atoms with Gasteiger partial charge < -0.3 is 10.1 Å². The number of hydrogen-bond acceptors (Lipinski definition) is 6. The van der Waals surface area contributed by atoms with Gasteiger partial charge in [-0.3, -0.25) is 4.79 Å². The third kappa shape index (κ3) is 3.83. The zero-order valence-electron chi connectivity index (χ0n) is 13.1. The summed E-state index contributed by atoms with van der Waals surface area (Å²) in [7, 11) is -0.322. The second-order valence-corrected chi connectivity index (χ2v) is 9.02. The van der Waals surface area contributed by atoms with E-state index in [1.165, 1.54) is 29.7 Å². The van der Waals surface area contributed by atoms with Crippen LogP contribution in [0.3, 0.4) is 0 Å². The van der Waals surface area contributed by atoms with Gasteiger partial charge in [-0.2, -0.15) is 0 Å². The van der Waals surface area contributed by atoms with Crippen molar-refractivity contribution < 1.29 is 17.9 Å². The Morgan fingerprint density at radius 1 is 1.41 bits per heavy atom. The number of nitrogens with one attached hydrogen (secondary N) is 1. The maximum absolute atomic E-state index is 12.3. The van der Waals surface area contributed by atoms with E-state index in [1.54, 1.807) is 6.92 Å². The molecule has 1 aromatic heterocycles. The Morgan fingerprint density at radius 3 is 2.64 bits per heavy atom. The van der Waals surface area contributed by atoms with Crippen molar-refractivity contribution in [3.8, 4) is 0 Å². The maximum atomic E-state index is 12.3. The number of aromatic nitrogens is 1. The molecule has 1 aromatic rings.